The maximum absolute atomic E-state index is 12.8. The normalized spacial score (nSPS) is 11.5. The van der Waals surface area contributed by atoms with E-state index in [0.29, 0.717) is 26.1 Å². The van der Waals surface area contributed by atoms with Crippen LogP contribution in [0.3, 0.4) is 0 Å². The molecule has 150 valence electrons. The minimum absolute atomic E-state index is 0.0595. The molecule has 2 aromatic rings. The number of amides is 3. The molecule has 0 bridgehead atoms. The molecule has 0 radical (unpaired) electrons. The van der Waals surface area contributed by atoms with Crippen LogP contribution in [0.2, 0.25) is 0 Å². The lowest BCUT2D eigenvalue weighted by molar-refractivity contribution is -0.133. The quantitative estimate of drug-likeness (QED) is 0.712. The van der Waals surface area contributed by atoms with Gasteiger partial charge in [-0.05, 0) is 24.5 Å². The summed E-state index contributed by atoms with van der Waals surface area (Å²) in [5.41, 5.74) is 2.19. The van der Waals surface area contributed by atoms with Crippen LogP contribution in [0.5, 0.6) is 0 Å². The van der Waals surface area contributed by atoms with Gasteiger partial charge in [0.15, 0.2) is 0 Å². The molecule has 0 aliphatic rings. The lowest BCUT2D eigenvalue weighted by Crippen LogP contribution is -2.41. The van der Waals surface area contributed by atoms with E-state index in [-0.39, 0.29) is 18.0 Å². The second-order valence-electron chi connectivity index (χ2n) is 7.09. The second-order valence-corrected chi connectivity index (χ2v) is 7.09. The molecule has 0 saturated carbocycles. The Morgan fingerprint density at radius 2 is 1.46 bits per heavy atom. The Morgan fingerprint density at radius 3 is 2.00 bits per heavy atom. The molecule has 28 heavy (non-hydrogen) atoms. The summed E-state index contributed by atoms with van der Waals surface area (Å²) in [4.78, 5) is 28.5. The van der Waals surface area contributed by atoms with Crippen LogP contribution in [0.4, 0.5) is 4.79 Å². The average molecular weight is 382 g/mol. The van der Waals surface area contributed by atoms with E-state index >= 15 is 0 Å². The standard InChI is InChI=1S/C23H31N3O2/c1-4-19(2)26(18-21-13-9-6-10-14-21)22(27)15-16-24-23(28)25(3)17-20-11-7-5-8-12-20/h5-14,19H,4,15-18H2,1-3H3,(H,24,28). The molecule has 2 rings (SSSR count). The number of carbonyl (C=O) groups is 2. The van der Waals surface area contributed by atoms with Crippen LogP contribution in [-0.2, 0) is 17.9 Å². The minimum atomic E-state index is -0.171. The van der Waals surface area contributed by atoms with Crippen LogP contribution in [-0.4, -0.2) is 41.4 Å². The number of carbonyl (C=O) groups excluding carboxylic acids is 2. The van der Waals surface area contributed by atoms with Crippen LogP contribution in [0.15, 0.2) is 60.7 Å². The zero-order valence-electron chi connectivity index (χ0n) is 17.1. The van der Waals surface area contributed by atoms with E-state index in [1.807, 2.05) is 65.6 Å². The zero-order valence-corrected chi connectivity index (χ0v) is 17.1. The Labute approximate surface area is 168 Å². The summed E-state index contributed by atoms with van der Waals surface area (Å²) in [6.45, 7) is 5.60. The van der Waals surface area contributed by atoms with Gasteiger partial charge in [-0.1, -0.05) is 67.6 Å². The fourth-order valence-electron chi connectivity index (χ4n) is 2.97. The molecule has 0 spiro atoms. The van der Waals surface area contributed by atoms with Crippen molar-refractivity contribution in [3.63, 3.8) is 0 Å². The minimum Gasteiger partial charge on any atom is -0.337 e. The smallest absolute Gasteiger partial charge is 0.317 e. The molecule has 0 aliphatic heterocycles. The van der Waals surface area contributed by atoms with Crippen LogP contribution >= 0.6 is 0 Å². The van der Waals surface area contributed by atoms with E-state index in [1.165, 1.54) is 0 Å². The van der Waals surface area contributed by atoms with Crippen molar-refractivity contribution in [3.8, 4) is 0 Å². The van der Waals surface area contributed by atoms with Crippen molar-refractivity contribution in [1.29, 1.82) is 0 Å². The number of benzene rings is 2. The topological polar surface area (TPSA) is 52.7 Å². The van der Waals surface area contributed by atoms with Gasteiger partial charge >= 0.3 is 6.03 Å². The Morgan fingerprint density at radius 1 is 0.929 bits per heavy atom. The van der Waals surface area contributed by atoms with Crippen LogP contribution < -0.4 is 5.32 Å². The molecule has 3 amide bonds. The van der Waals surface area contributed by atoms with Crippen molar-refractivity contribution >= 4 is 11.9 Å². The molecule has 2 aromatic carbocycles. The van der Waals surface area contributed by atoms with Gasteiger partial charge in [-0.3, -0.25) is 4.79 Å². The van der Waals surface area contributed by atoms with Crippen molar-refractivity contribution in [3.05, 3.63) is 71.8 Å². The summed E-state index contributed by atoms with van der Waals surface area (Å²) in [7, 11) is 1.75. The lowest BCUT2D eigenvalue weighted by atomic mass is 10.1. The molecule has 0 aliphatic carbocycles. The molecular formula is C23H31N3O2. The lowest BCUT2D eigenvalue weighted by Gasteiger charge is -2.29. The van der Waals surface area contributed by atoms with Gasteiger partial charge < -0.3 is 15.1 Å². The van der Waals surface area contributed by atoms with Gasteiger partial charge in [-0.2, -0.15) is 0 Å². The SMILES string of the molecule is CCC(C)N(Cc1ccccc1)C(=O)CCNC(=O)N(C)Cc1ccccc1. The molecule has 0 saturated heterocycles. The van der Waals surface area contributed by atoms with Crippen molar-refractivity contribution < 1.29 is 9.59 Å². The largest absolute Gasteiger partial charge is 0.337 e. The van der Waals surface area contributed by atoms with Crippen LogP contribution in [0.1, 0.15) is 37.8 Å². The number of nitrogens with zero attached hydrogens (tertiary/aromatic N) is 2. The summed E-state index contributed by atoms with van der Waals surface area (Å²) >= 11 is 0. The van der Waals surface area contributed by atoms with E-state index < -0.39 is 0 Å². The van der Waals surface area contributed by atoms with E-state index in [9.17, 15) is 9.59 Å². The van der Waals surface area contributed by atoms with Crippen molar-refractivity contribution in [2.75, 3.05) is 13.6 Å². The first-order chi connectivity index (χ1) is 13.5. The summed E-state index contributed by atoms with van der Waals surface area (Å²) in [6.07, 6.45) is 1.19. The molecule has 0 heterocycles. The number of hydrogen-bond acceptors (Lipinski definition) is 2. The maximum atomic E-state index is 12.8. The van der Waals surface area contributed by atoms with E-state index in [4.69, 9.17) is 0 Å². The number of hydrogen-bond donors (Lipinski definition) is 1. The van der Waals surface area contributed by atoms with Gasteiger partial charge in [0.05, 0.1) is 0 Å². The van der Waals surface area contributed by atoms with Gasteiger partial charge in [0, 0.05) is 39.1 Å². The Bertz CT molecular complexity index is 734. The predicted molar refractivity (Wildman–Crippen MR) is 113 cm³/mol. The van der Waals surface area contributed by atoms with E-state index in [0.717, 1.165) is 17.5 Å². The Hall–Kier alpha value is -2.82. The van der Waals surface area contributed by atoms with Gasteiger partial charge in [-0.15, -0.1) is 0 Å². The van der Waals surface area contributed by atoms with Crippen molar-refractivity contribution in [2.45, 2.75) is 45.8 Å². The highest BCUT2D eigenvalue weighted by Gasteiger charge is 2.19. The number of urea groups is 1. The van der Waals surface area contributed by atoms with Gasteiger partial charge in [-0.25, -0.2) is 4.79 Å². The molecular weight excluding hydrogens is 350 g/mol. The molecule has 1 unspecified atom stereocenters. The molecule has 1 atom stereocenters. The fraction of sp³-hybridized carbons (Fsp3) is 0.391. The highest BCUT2D eigenvalue weighted by atomic mass is 16.2. The van der Waals surface area contributed by atoms with Gasteiger partial charge in [0.25, 0.3) is 0 Å². The van der Waals surface area contributed by atoms with Gasteiger partial charge in [0.1, 0.15) is 0 Å². The Kier molecular flexibility index (Phi) is 8.53. The van der Waals surface area contributed by atoms with E-state index in [2.05, 4.69) is 19.2 Å². The third-order valence-electron chi connectivity index (χ3n) is 4.86. The first-order valence-corrected chi connectivity index (χ1v) is 9.87. The highest BCUT2D eigenvalue weighted by Crippen LogP contribution is 2.12. The fourth-order valence-corrected chi connectivity index (χ4v) is 2.97. The first kappa shape index (κ1) is 21.5. The molecule has 0 aromatic heterocycles. The summed E-state index contributed by atoms with van der Waals surface area (Å²) in [6, 6.07) is 19.8. The second kappa shape index (κ2) is 11.1. The monoisotopic (exact) mass is 381 g/mol. The summed E-state index contributed by atoms with van der Waals surface area (Å²) < 4.78 is 0. The third kappa shape index (κ3) is 6.72. The van der Waals surface area contributed by atoms with Crippen LogP contribution in [0, 0.1) is 0 Å². The van der Waals surface area contributed by atoms with Crippen molar-refractivity contribution in [2.24, 2.45) is 0 Å². The zero-order chi connectivity index (χ0) is 20.4. The third-order valence-corrected chi connectivity index (χ3v) is 4.86. The maximum Gasteiger partial charge on any atom is 0.317 e. The Balaban J connectivity index is 1.83. The number of nitrogens with one attached hydrogen (secondary N) is 1. The molecule has 0 fully saturated rings. The predicted octanol–water partition coefficient (Wildman–Crippen LogP) is 4.05. The highest BCUT2D eigenvalue weighted by molar-refractivity contribution is 5.78. The van der Waals surface area contributed by atoms with Gasteiger partial charge in [0.2, 0.25) is 5.91 Å². The average Bonchev–Trinajstić information content (AvgIpc) is 2.72. The molecule has 5 heteroatoms. The van der Waals surface area contributed by atoms with E-state index in [1.54, 1.807) is 11.9 Å². The summed E-state index contributed by atoms with van der Waals surface area (Å²) in [5.74, 6) is 0.0595. The van der Waals surface area contributed by atoms with Crippen molar-refractivity contribution in [1.82, 2.24) is 15.1 Å². The molecule has 5 nitrogen and oxygen atoms in total. The summed E-state index contributed by atoms with van der Waals surface area (Å²) in [5, 5.41) is 2.85. The molecule has 1 N–H and O–H groups in total. The number of rotatable bonds is 9. The first-order valence-electron chi connectivity index (χ1n) is 9.87. The van der Waals surface area contributed by atoms with Crippen LogP contribution in [0.25, 0.3) is 0 Å².